The van der Waals surface area contributed by atoms with Crippen LogP contribution in [0.25, 0.3) is 10.4 Å². The summed E-state index contributed by atoms with van der Waals surface area (Å²) >= 11 is 0. The fourth-order valence-electron chi connectivity index (χ4n) is 3.41. The molecule has 0 saturated carbocycles. The van der Waals surface area contributed by atoms with Gasteiger partial charge in [-0.2, -0.15) is 0 Å². The lowest BCUT2D eigenvalue weighted by molar-refractivity contribution is -0.165. The summed E-state index contributed by atoms with van der Waals surface area (Å²) in [5.74, 6) is 0. The van der Waals surface area contributed by atoms with Gasteiger partial charge >= 0.3 is 0 Å². The normalized spacial score (nSPS) is 26.0. The summed E-state index contributed by atoms with van der Waals surface area (Å²) in [5, 5.41) is 13.4. The smallest absolute Gasteiger partial charge is 0.184 e. The Morgan fingerprint density at radius 1 is 1.11 bits per heavy atom. The molecule has 1 heterocycles. The topological polar surface area (TPSA) is 96.7 Å². The van der Waals surface area contributed by atoms with E-state index in [1.807, 2.05) is 12.1 Å². The largest absolute Gasteiger partial charge is 0.412 e. The molecule has 9 heteroatoms. The molecule has 2 unspecified atom stereocenters. The summed E-state index contributed by atoms with van der Waals surface area (Å²) in [4.78, 5) is 2.81. The first-order chi connectivity index (χ1) is 13.0. The highest BCUT2D eigenvalue weighted by Gasteiger charge is 2.43. The monoisotopic (exact) mass is 423 g/mol. The van der Waals surface area contributed by atoms with Gasteiger partial charge in [-0.3, -0.25) is 0 Å². The molecule has 1 saturated heterocycles. The first kappa shape index (κ1) is 23.1. The highest BCUT2D eigenvalue weighted by Crippen LogP contribution is 2.31. The molecule has 1 aromatic rings. The number of aliphatic hydroxyl groups is 1. The molecule has 0 radical (unpaired) electrons. The summed E-state index contributed by atoms with van der Waals surface area (Å²) < 4.78 is 19.2. The number of hydrogen-bond donors (Lipinski definition) is 1. The Labute approximate surface area is 169 Å². The third-order valence-electron chi connectivity index (χ3n) is 4.33. The Morgan fingerprint density at radius 3 is 2.21 bits per heavy atom. The minimum atomic E-state index is -1.83. The van der Waals surface area contributed by atoms with Crippen LogP contribution in [0.2, 0.25) is 39.3 Å². The zero-order chi connectivity index (χ0) is 20.9. The van der Waals surface area contributed by atoms with E-state index in [1.165, 1.54) is 0 Å². The van der Waals surface area contributed by atoms with Crippen molar-refractivity contribution < 1.29 is 18.7 Å². The molecule has 1 aliphatic rings. The zero-order valence-corrected chi connectivity index (χ0v) is 19.8. The standard InChI is InChI=1S/C19H33N3O4Si2/c1-27(2,3)25-18-12-16(13-23)24-17(19(18)26-28(4,5)6)11-14-7-9-15(10-8-14)21-22-20/h7-10,16-19,23H,11-13H2,1-6H3/t16-,17+,18?,19?/m0/s1. The van der Waals surface area contributed by atoms with E-state index in [2.05, 4.69) is 49.3 Å². The second-order valence-electron chi connectivity index (χ2n) is 9.24. The lowest BCUT2D eigenvalue weighted by Crippen LogP contribution is -2.57. The van der Waals surface area contributed by atoms with Crippen molar-refractivity contribution in [2.24, 2.45) is 5.11 Å². The molecule has 1 fully saturated rings. The summed E-state index contributed by atoms with van der Waals surface area (Å²) in [6.07, 6.45) is 0.574. The molecule has 2 rings (SSSR count). The van der Waals surface area contributed by atoms with Crippen LogP contribution in [0.3, 0.4) is 0 Å². The number of nitrogens with zero attached hydrogens (tertiary/aromatic N) is 3. The van der Waals surface area contributed by atoms with Crippen LogP contribution in [0.4, 0.5) is 5.69 Å². The van der Waals surface area contributed by atoms with Gasteiger partial charge in [-0.05, 0) is 50.4 Å². The van der Waals surface area contributed by atoms with Gasteiger partial charge in [-0.25, -0.2) is 0 Å². The van der Waals surface area contributed by atoms with Gasteiger partial charge in [-0.15, -0.1) is 0 Å². The van der Waals surface area contributed by atoms with E-state index in [-0.39, 0.29) is 31.0 Å². The van der Waals surface area contributed by atoms with Gasteiger partial charge in [-0.1, -0.05) is 29.4 Å². The Morgan fingerprint density at radius 2 is 1.71 bits per heavy atom. The minimum absolute atomic E-state index is 0.0302. The number of hydrogen-bond acceptors (Lipinski definition) is 5. The second-order valence-corrected chi connectivity index (χ2v) is 18.2. The summed E-state index contributed by atoms with van der Waals surface area (Å²) in [7, 11) is -3.63. The van der Waals surface area contributed by atoms with Crippen molar-refractivity contribution in [3.8, 4) is 0 Å². The van der Waals surface area contributed by atoms with Gasteiger partial charge in [0.2, 0.25) is 0 Å². The Bertz CT molecular complexity index is 682. The average molecular weight is 424 g/mol. The van der Waals surface area contributed by atoms with E-state index in [0.29, 0.717) is 18.5 Å². The zero-order valence-electron chi connectivity index (χ0n) is 17.8. The van der Waals surface area contributed by atoms with Gasteiger partial charge in [0, 0.05) is 23.4 Å². The highest BCUT2D eigenvalue weighted by atomic mass is 28.4. The van der Waals surface area contributed by atoms with Crippen LogP contribution < -0.4 is 0 Å². The fraction of sp³-hybridized carbons (Fsp3) is 0.684. The molecule has 7 nitrogen and oxygen atoms in total. The van der Waals surface area contributed by atoms with Crippen molar-refractivity contribution in [1.29, 1.82) is 0 Å². The Hall–Kier alpha value is -1.20. The van der Waals surface area contributed by atoms with Crippen LogP contribution in [0, 0.1) is 0 Å². The predicted molar refractivity (Wildman–Crippen MR) is 116 cm³/mol. The van der Waals surface area contributed by atoms with E-state index in [1.54, 1.807) is 12.1 Å². The maximum Gasteiger partial charge on any atom is 0.184 e. The molecule has 4 atom stereocenters. The molecule has 0 spiro atoms. The van der Waals surface area contributed by atoms with Crippen LogP contribution in [-0.4, -0.2) is 52.8 Å². The lowest BCUT2D eigenvalue weighted by Gasteiger charge is -2.45. The van der Waals surface area contributed by atoms with Crippen LogP contribution in [0.5, 0.6) is 0 Å². The summed E-state index contributed by atoms with van der Waals surface area (Å²) in [5.41, 5.74) is 10.2. The predicted octanol–water partition coefficient (Wildman–Crippen LogP) is 4.76. The molecule has 28 heavy (non-hydrogen) atoms. The van der Waals surface area contributed by atoms with E-state index < -0.39 is 16.6 Å². The molecule has 0 bridgehead atoms. The van der Waals surface area contributed by atoms with Crippen LogP contribution in [0.1, 0.15) is 12.0 Å². The second kappa shape index (κ2) is 9.53. The number of ether oxygens (including phenoxy) is 1. The van der Waals surface area contributed by atoms with Crippen molar-refractivity contribution in [3.63, 3.8) is 0 Å². The number of aliphatic hydroxyl groups excluding tert-OH is 1. The maximum absolute atomic E-state index is 9.76. The van der Waals surface area contributed by atoms with Crippen molar-refractivity contribution in [2.75, 3.05) is 6.61 Å². The van der Waals surface area contributed by atoms with E-state index in [0.717, 1.165) is 5.56 Å². The van der Waals surface area contributed by atoms with E-state index in [9.17, 15) is 5.11 Å². The third kappa shape index (κ3) is 7.32. The van der Waals surface area contributed by atoms with Crippen molar-refractivity contribution in [2.45, 2.75) is 76.5 Å². The van der Waals surface area contributed by atoms with Gasteiger partial charge in [0.1, 0.15) is 0 Å². The van der Waals surface area contributed by atoms with Crippen molar-refractivity contribution in [1.82, 2.24) is 0 Å². The quantitative estimate of drug-likeness (QED) is 0.282. The molecule has 0 amide bonds. The fourth-order valence-corrected chi connectivity index (χ4v) is 5.67. The van der Waals surface area contributed by atoms with Gasteiger partial charge < -0.3 is 18.7 Å². The van der Waals surface area contributed by atoms with Gasteiger partial charge in [0.15, 0.2) is 16.6 Å². The molecule has 1 aromatic carbocycles. The molecule has 1 N–H and O–H groups in total. The summed E-state index contributed by atoms with van der Waals surface area (Å²) in [6.45, 7) is 13.0. The molecule has 0 aromatic heterocycles. The first-order valence-electron chi connectivity index (χ1n) is 9.77. The third-order valence-corrected chi connectivity index (χ3v) is 6.32. The first-order valence-corrected chi connectivity index (χ1v) is 16.6. The molecular weight excluding hydrogens is 390 g/mol. The Kier molecular flexibility index (Phi) is 7.86. The highest BCUT2D eigenvalue weighted by molar-refractivity contribution is 6.70. The Balaban J connectivity index is 2.27. The van der Waals surface area contributed by atoms with Crippen LogP contribution in [-0.2, 0) is 20.0 Å². The molecule has 156 valence electrons. The minimum Gasteiger partial charge on any atom is -0.412 e. The van der Waals surface area contributed by atoms with Crippen molar-refractivity contribution >= 4 is 22.3 Å². The lowest BCUT2D eigenvalue weighted by atomic mass is 9.93. The molecular formula is C19H33N3O4Si2. The van der Waals surface area contributed by atoms with Crippen molar-refractivity contribution in [3.05, 3.63) is 40.3 Å². The molecule has 1 aliphatic heterocycles. The van der Waals surface area contributed by atoms with E-state index in [4.69, 9.17) is 19.1 Å². The van der Waals surface area contributed by atoms with Gasteiger partial charge in [0.05, 0.1) is 31.0 Å². The number of azide groups is 1. The number of benzene rings is 1. The maximum atomic E-state index is 9.76. The van der Waals surface area contributed by atoms with Crippen LogP contribution in [0.15, 0.2) is 29.4 Å². The molecule has 0 aliphatic carbocycles. The van der Waals surface area contributed by atoms with Gasteiger partial charge in [0.25, 0.3) is 0 Å². The SMILES string of the molecule is C[Si](C)(C)OC1C[C@@H](CO)O[C@H](Cc2ccc(N=[N+]=[N-])cc2)C1O[Si](C)(C)C. The number of rotatable bonds is 8. The summed E-state index contributed by atoms with van der Waals surface area (Å²) in [6, 6.07) is 7.48. The van der Waals surface area contributed by atoms with E-state index >= 15 is 0 Å². The average Bonchev–Trinajstić information content (AvgIpc) is 2.57. The van der Waals surface area contributed by atoms with Crippen LogP contribution >= 0.6 is 0 Å².